The Morgan fingerprint density at radius 3 is 2.38 bits per heavy atom. The van der Waals surface area contributed by atoms with Crippen molar-refractivity contribution in [3.05, 3.63) is 58.1 Å². The van der Waals surface area contributed by atoms with E-state index in [2.05, 4.69) is 25.8 Å². The molecule has 1 heterocycles. The number of carbonyl (C=O) groups is 1. The Morgan fingerprint density at radius 2 is 1.76 bits per heavy atom. The van der Waals surface area contributed by atoms with Crippen molar-refractivity contribution in [2.45, 2.75) is 13.8 Å². The third kappa shape index (κ3) is 5.31. The molecule has 0 bridgehead atoms. The molecule has 0 N–H and O–H groups in total. The number of fused-ring (bicyclic) bond motifs is 1. The molecule has 1 aromatic heterocycles. The molecule has 0 fully saturated rings. The Labute approximate surface area is 187 Å². The van der Waals surface area contributed by atoms with Crippen molar-refractivity contribution in [2.24, 2.45) is 0 Å². The molecule has 9 heteroatoms. The molecule has 1 amide bonds. The van der Waals surface area contributed by atoms with Crippen LogP contribution >= 0.6 is 39.7 Å². The van der Waals surface area contributed by atoms with Crippen LogP contribution in [0.5, 0.6) is 0 Å². The average molecular weight is 505 g/mol. The van der Waals surface area contributed by atoms with E-state index in [1.165, 1.54) is 22.3 Å². The van der Waals surface area contributed by atoms with Crippen LogP contribution in [0.3, 0.4) is 0 Å². The molecule has 156 valence electrons. The zero-order valence-electron chi connectivity index (χ0n) is 16.0. The molecular weight excluding hydrogens is 484 g/mol. The second-order valence-corrected chi connectivity index (χ2v) is 8.11. The molecule has 4 nitrogen and oxygen atoms in total. The van der Waals surface area contributed by atoms with Gasteiger partial charge >= 0.3 is 0 Å². The summed E-state index contributed by atoms with van der Waals surface area (Å²) in [5.74, 6) is -2.47. The number of rotatable bonds is 7. The summed E-state index contributed by atoms with van der Waals surface area (Å²) in [6, 6.07) is 9.05. The Kier molecular flexibility index (Phi) is 8.51. The molecule has 0 spiro atoms. The van der Waals surface area contributed by atoms with Gasteiger partial charge in [-0.3, -0.25) is 9.69 Å². The van der Waals surface area contributed by atoms with Gasteiger partial charge in [0.05, 0.1) is 10.2 Å². The summed E-state index contributed by atoms with van der Waals surface area (Å²) in [4.78, 5) is 21.1. The fraction of sp³-hybridized carbons (Fsp3) is 0.300. The molecule has 0 aliphatic heterocycles. The lowest BCUT2D eigenvalue weighted by molar-refractivity contribution is 0.0975. The number of hydrogen-bond acceptors (Lipinski definition) is 4. The van der Waals surface area contributed by atoms with Crippen molar-refractivity contribution >= 4 is 60.9 Å². The number of thiazole rings is 1. The van der Waals surface area contributed by atoms with Crippen LogP contribution in [0.15, 0.2) is 40.9 Å². The van der Waals surface area contributed by atoms with Crippen molar-refractivity contribution in [2.75, 3.05) is 31.1 Å². The van der Waals surface area contributed by atoms with E-state index in [9.17, 15) is 13.6 Å². The zero-order valence-corrected chi connectivity index (χ0v) is 19.2. The van der Waals surface area contributed by atoms with Crippen LogP contribution in [0.4, 0.5) is 13.9 Å². The second-order valence-electron chi connectivity index (χ2n) is 6.19. The highest BCUT2D eigenvalue weighted by molar-refractivity contribution is 9.10. The molecule has 0 aliphatic carbocycles. The number of amides is 1. The number of likely N-dealkylation sites (N-methyl/N-ethyl adjacent to an activating group) is 1. The number of halogens is 4. The number of aromatic nitrogens is 1. The standard InChI is InChI=1S/C20H20BrF2N3OS.ClH/c1-3-25(4-2)10-11-26(19(27)18-14(22)6-5-7-15(18)23)20-24-16-9-8-13(21)12-17(16)28-20;/h5-9,12H,3-4,10-11H2,1-2H3;1H. The van der Waals surface area contributed by atoms with Gasteiger partial charge in [0, 0.05) is 17.6 Å². The summed E-state index contributed by atoms with van der Waals surface area (Å²) in [7, 11) is 0. The summed E-state index contributed by atoms with van der Waals surface area (Å²) in [5.41, 5.74) is 0.181. The summed E-state index contributed by atoms with van der Waals surface area (Å²) in [6.45, 7) is 6.56. The zero-order chi connectivity index (χ0) is 20.3. The van der Waals surface area contributed by atoms with E-state index in [-0.39, 0.29) is 19.0 Å². The minimum absolute atomic E-state index is 0. The van der Waals surface area contributed by atoms with Gasteiger partial charge in [-0.25, -0.2) is 13.8 Å². The monoisotopic (exact) mass is 503 g/mol. The molecule has 0 saturated carbocycles. The Balaban J connectivity index is 0.00000300. The molecule has 3 aromatic rings. The van der Waals surface area contributed by atoms with Gasteiger partial charge in [-0.05, 0) is 43.4 Å². The maximum Gasteiger partial charge on any atom is 0.266 e. The first-order chi connectivity index (χ1) is 13.4. The number of benzene rings is 2. The van der Waals surface area contributed by atoms with Crippen LogP contribution in [0.2, 0.25) is 0 Å². The van der Waals surface area contributed by atoms with Crippen LogP contribution in [-0.2, 0) is 0 Å². The topological polar surface area (TPSA) is 36.4 Å². The average Bonchev–Trinajstić information content (AvgIpc) is 3.07. The molecule has 0 unspecified atom stereocenters. The molecule has 2 aromatic carbocycles. The smallest absolute Gasteiger partial charge is 0.266 e. The molecule has 0 aliphatic rings. The molecule has 0 radical (unpaired) electrons. The molecule has 0 saturated heterocycles. The van der Waals surface area contributed by atoms with Crippen LogP contribution < -0.4 is 4.90 Å². The summed E-state index contributed by atoms with van der Waals surface area (Å²) >= 11 is 4.75. The van der Waals surface area contributed by atoms with Gasteiger partial charge in [-0.1, -0.05) is 47.2 Å². The molecule has 29 heavy (non-hydrogen) atoms. The lowest BCUT2D eigenvalue weighted by atomic mass is 10.1. The SMILES string of the molecule is CCN(CC)CCN(C(=O)c1c(F)cccc1F)c1nc2ccc(Br)cc2s1.Cl. The number of anilines is 1. The molecule has 0 atom stereocenters. The van der Waals surface area contributed by atoms with E-state index in [0.29, 0.717) is 11.7 Å². The van der Waals surface area contributed by atoms with Crippen LogP contribution in [0.1, 0.15) is 24.2 Å². The minimum Gasteiger partial charge on any atom is -0.302 e. The summed E-state index contributed by atoms with van der Waals surface area (Å²) in [5, 5.41) is 0.424. The molecule has 3 rings (SSSR count). The van der Waals surface area contributed by atoms with Crippen LogP contribution in [0, 0.1) is 11.6 Å². The van der Waals surface area contributed by atoms with Crippen molar-refractivity contribution < 1.29 is 13.6 Å². The molecular formula is C20H21BrClF2N3OS. The van der Waals surface area contributed by atoms with E-state index in [1.54, 1.807) is 0 Å². The third-order valence-corrected chi connectivity index (χ3v) is 6.06. The van der Waals surface area contributed by atoms with Gasteiger partial charge in [0.2, 0.25) is 0 Å². The van der Waals surface area contributed by atoms with Crippen molar-refractivity contribution in [1.82, 2.24) is 9.88 Å². The Morgan fingerprint density at radius 1 is 1.10 bits per heavy atom. The van der Waals surface area contributed by atoms with E-state index < -0.39 is 23.1 Å². The van der Waals surface area contributed by atoms with E-state index >= 15 is 0 Å². The summed E-state index contributed by atoms with van der Waals surface area (Å²) in [6.07, 6.45) is 0. The lowest BCUT2D eigenvalue weighted by Gasteiger charge is -2.25. The minimum atomic E-state index is -0.873. The maximum atomic E-state index is 14.2. The van der Waals surface area contributed by atoms with E-state index in [1.807, 2.05) is 32.0 Å². The quantitative estimate of drug-likeness (QED) is 0.411. The van der Waals surface area contributed by atoms with Crippen molar-refractivity contribution in [3.8, 4) is 0 Å². The third-order valence-electron chi connectivity index (χ3n) is 4.53. The van der Waals surface area contributed by atoms with Gasteiger partial charge < -0.3 is 4.90 Å². The number of nitrogens with zero attached hydrogens (tertiary/aromatic N) is 3. The first-order valence-corrected chi connectivity index (χ1v) is 10.6. The first-order valence-electron chi connectivity index (χ1n) is 8.98. The number of hydrogen-bond donors (Lipinski definition) is 0. The van der Waals surface area contributed by atoms with Gasteiger partial charge in [0.1, 0.15) is 17.2 Å². The van der Waals surface area contributed by atoms with Gasteiger partial charge in [0.25, 0.3) is 5.91 Å². The normalized spacial score (nSPS) is 11.0. The van der Waals surface area contributed by atoms with Gasteiger partial charge in [-0.2, -0.15) is 0 Å². The fourth-order valence-electron chi connectivity index (χ4n) is 2.90. The number of carbonyl (C=O) groups excluding carboxylic acids is 1. The highest BCUT2D eigenvalue weighted by atomic mass is 79.9. The highest BCUT2D eigenvalue weighted by Crippen LogP contribution is 2.32. The second kappa shape index (κ2) is 10.4. The van der Waals surface area contributed by atoms with Crippen LogP contribution in [0.25, 0.3) is 10.2 Å². The van der Waals surface area contributed by atoms with Crippen molar-refractivity contribution in [1.29, 1.82) is 0 Å². The first kappa shape index (κ1) is 23.7. The van der Waals surface area contributed by atoms with Crippen LogP contribution in [-0.4, -0.2) is 42.0 Å². The fourth-order valence-corrected chi connectivity index (χ4v) is 4.45. The van der Waals surface area contributed by atoms with Crippen molar-refractivity contribution in [3.63, 3.8) is 0 Å². The maximum absolute atomic E-state index is 14.2. The highest BCUT2D eigenvalue weighted by Gasteiger charge is 2.26. The Hall–Kier alpha value is -1.61. The Bertz CT molecular complexity index is 977. The predicted molar refractivity (Wildman–Crippen MR) is 120 cm³/mol. The van der Waals surface area contributed by atoms with Gasteiger partial charge in [-0.15, -0.1) is 12.4 Å². The predicted octanol–water partition coefficient (Wildman–Crippen LogP) is 5.75. The van der Waals surface area contributed by atoms with E-state index in [4.69, 9.17) is 0 Å². The largest absolute Gasteiger partial charge is 0.302 e. The summed E-state index contributed by atoms with van der Waals surface area (Å²) < 4.78 is 30.3. The van der Waals surface area contributed by atoms with Gasteiger partial charge in [0.15, 0.2) is 5.13 Å². The van der Waals surface area contributed by atoms with E-state index in [0.717, 1.165) is 39.9 Å². The lowest BCUT2D eigenvalue weighted by Crippen LogP contribution is -2.39.